The van der Waals surface area contributed by atoms with E-state index in [0.29, 0.717) is 13.1 Å². The average molecular weight is 344 g/mol. The van der Waals surface area contributed by atoms with Crippen LogP contribution < -0.4 is 5.32 Å². The minimum absolute atomic E-state index is 0.0541. The highest BCUT2D eigenvalue weighted by Gasteiger charge is 2.26. The molecule has 0 bridgehead atoms. The van der Waals surface area contributed by atoms with Crippen LogP contribution in [0.4, 0.5) is 4.79 Å². The lowest BCUT2D eigenvalue weighted by atomic mass is 10.0. The lowest BCUT2D eigenvalue weighted by molar-refractivity contribution is 0.0840. The summed E-state index contributed by atoms with van der Waals surface area (Å²) in [7, 11) is 0. The number of hydrogen-bond acceptors (Lipinski definition) is 3. The molecule has 128 valence electrons. The third-order valence-corrected chi connectivity index (χ3v) is 5.64. The van der Waals surface area contributed by atoms with Crippen LogP contribution >= 0.6 is 11.8 Å². The highest BCUT2D eigenvalue weighted by Crippen LogP contribution is 2.36. The summed E-state index contributed by atoms with van der Waals surface area (Å²) in [5, 5.41) is 3.18. The number of carbonyl (C=O) groups excluding carboxylic acids is 1. The number of urea groups is 1. The van der Waals surface area contributed by atoms with Gasteiger partial charge in [-0.25, -0.2) is 4.79 Å². The molecule has 1 aromatic rings. The normalized spacial score (nSPS) is 22.5. The van der Waals surface area contributed by atoms with Gasteiger partial charge >= 0.3 is 6.03 Å². The van der Waals surface area contributed by atoms with Crippen molar-refractivity contribution >= 4 is 17.8 Å². The van der Waals surface area contributed by atoms with Crippen LogP contribution in [0.2, 0.25) is 0 Å². The summed E-state index contributed by atoms with van der Waals surface area (Å²) < 4.78 is 5.65. The number of ether oxygens (including phenoxy) is 1. The van der Waals surface area contributed by atoms with Crippen LogP contribution in [-0.2, 0) is 4.74 Å². The number of fused-ring (bicyclic) bond motifs is 1. The molecule has 0 spiro atoms. The number of amides is 2. The first kappa shape index (κ1) is 17.2. The number of carbonyl (C=O) groups is 1. The van der Waals surface area contributed by atoms with Crippen molar-refractivity contribution in [2.24, 2.45) is 0 Å². The largest absolute Gasteiger partial charge is 0.376 e. The van der Waals surface area contributed by atoms with Crippen LogP contribution in [0.5, 0.6) is 0 Å². The molecule has 0 aliphatic carbocycles. The fraction of sp³-hybridized carbons (Fsp3) is 0.526. The monoisotopic (exact) mass is 344 g/mol. The van der Waals surface area contributed by atoms with Crippen molar-refractivity contribution < 1.29 is 9.53 Å². The first-order valence-electron chi connectivity index (χ1n) is 8.51. The summed E-state index contributed by atoms with van der Waals surface area (Å²) >= 11 is 1.86. The predicted octanol–water partition coefficient (Wildman–Crippen LogP) is 3.36. The third kappa shape index (κ3) is 4.06. The van der Waals surface area contributed by atoms with Crippen molar-refractivity contribution in [3.8, 4) is 12.3 Å². The SMILES string of the molecule is C#CCN(C[C@@H]1CCCO1)C(=O)N[C@@H]1CCSc2ccc(C)cc21. The Bertz CT molecular complexity index is 635. The third-order valence-electron chi connectivity index (χ3n) is 4.52. The molecule has 3 rings (SSSR count). The van der Waals surface area contributed by atoms with E-state index < -0.39 is 0 Å². The molecule has 1 saturated heterocycles. The van der Waals surface area contributed by atoms with Crippen molar-refractivity contribution in [1.82, 2.24) is 10.2 Å². The molecule has 0 aromatic heterocycles. The Morgan fingerprint density at radius 1 is 1.50 bits per heavy atom. The number of terminal acetylenes is 1. The van der Waals surface area contributed by atoms with Crippen LogP contribution in [0.15, 0.2) is 23.1 Å². The molecule has 2 amide bonds. The Labute approximate surface area is 148 Å². The van der Waals surface area contributed by atoms with Gasteiger partial charge in [0.1, 0.15) is 0 Å². The quantitative estimate of drug-likeness (QED) is 0.852. The highest BCUT2D eigenvalue weighted by molar-refractivity contribution is 7.99. The van der Waals surface area contributed by atoms with E-state index in [-0.39, 0.29) is 18.2 Å². The van der Waals surface area contributed by atoms with Gasteiger partial charge in [0, 0.05) is 23.8 Å². The van der Waals surface area contributed by atoms with Crippen LogP contribution in [0, 0.1) is 19.3 Å². The second-order valence-corrected chi connectivity index (χ2v) is 7.54. The van der Waals surface area contributed by atoms with Crippen molar-refractivity contribution in [2.75, 3.05) is 25.4 Å². The number of thioether (sulfide) groups is 1. The zero-order valence-corrected chi connectivity index (χ0v) is 14.9. The minimum atomic E-state index is -0.0900. The van der Waals surface area contributed by atoms with Gasteiger partial charge in [-0.05, 0) is 37.8 Å². The second kappa shape index (κ2) is 7.96. The van der Waals surface area contributed by atoms with E-state index in [0.717, 1.165) is 31.6 Å². The lowest BCUT2D eigenvalue weighted by Crippen LogP contribution is -2.45. The molecule has 5 heteroatoms. The number of rotatable bonds is 4. The number of benzene rings is 1. The van der Waals surface area contributed by atoms with Crippen molar-refractivity contribution in [2.45, 2.75) is 43.2 Å². The predicted molar refractivity (Wildman–Crippen MR) is 97.2 cm³/mol. The molecule has 0 radical (unpaired) electrons. The van der Waals surface area contributed by atoms with Gasteiger partial charge in [-0.15, -0.1) is 18.2 Å². The smallest absolute Gasteiger partial charge is 0.318 e. The van der Waals surface area contributed by atoms with E-state index in [1.807, 2.05) is 11.8 Å². The van der Waals surface area contributed by atoms with Gasteiger partial charge in [0.05, 0.1) is 18.7 Å². The molecular formula is C19H24N2O2S. The Hall–Kier alpha value is -1.64. The summed E-state index contributed by atoms with van der Waals surface area (Å²) in [5.41, 5.74) is 2.44. The molecule has 2 aliphatic rings. The molecule has 2 aliphatic heterocycles. The van der Waals surface area contributed by atoms with Gasteiger partial charge in [-0.1, -0.05) is 23.6 Å². The number of hydrogen-bond donors (Lipinski definition) is 1. The minimum Gasteiger partial charge on any atom is -0.376 e. The van der Waals surface area contributed by atoms with Gasteiger partial charge < -0.3 is 15.0 Å². The zero-order valence-electron chi connectivity index (χ0n) is 14.1. The molecule has 1 aromatic carbocycles. The van der Waals surface area contributed by atoms with E-state index in [1.54, 1.807) is 4.90 Å². The Morgan fingerprint density at radius 3 is 3.12 bits per heavy atom. The lowest BCUT2D eigenvalue weighted by Gasteiger charge is -2.30. The zero-order chi connectivity index (χ0) is 16.9. The number of nitrogens with one attached hydrogen (secondary N) is 1. The summed E-state index contributed by atoms with van der Waals surface area (Å²) in [6.07, 6.45) is 8.56. The first-order chi connectivity index (χ1) is 11.7. The van der Waals surface area contributed by atoms with Gasteiger partial charge in [0.15, 0.2) is 0 Å². The van der Waals surface area contributed by atoms with E-state index in [9.17, 15) is 4.79 Å². The molecule has 2 heterocycles. The molecule has 24 heavy (non-hydrogen) atoms. The van der Waals surface area contributed by atoms with Gasteiger partial charge in [-0.2, -0.15) is 0 Å². The van der Waals surface area contributed by atoms with E-state index in [1.165, 1.54) is 16.0 Å². The van der Waals surface area contributed by atoms with E-state index in [4.69, 9.17) is 11.2 Å². The van der Waals surface area contributed by atoms with E-state index in [2.05, 4.69) is 36.4 Å². The summed E-state index contributed by atoms with van der Waals surface area (Å²) in [5.74, 6) is 3.61. The standard InChI is InChI=1S/C19H24N2O2S/c1-3-9-21(13-15-5-4-10-23-15)19(22)20-17-8-11-24-18-7-6-14(2)12-16(17)18/h1,6-7,12,15,17H,4-5,8-11,13H2,2H3,(H,20,22)/t15-,17+/m0/s1. The Morgan fingerprint density at radius 2 is 2.38 bits per heavy atom. The van der Waals surface area contributed by atoms with Gasteiger partial charge in [0.25, 0.3) is 0 Å². The Balaban J connectivity index is 1.69. The van der Waals surface area contributed by atoms with Gasteiger partial charge in [0.2, 0.25) is 0 Å². The molecule has 1 fully saturated rings. The molecule has 4 nitrogen and oxygen atoms in total. The van der Waals surface area contributed by atoms with Crippen LogP contribution in [0.25, 0.3) is 0 Å². The molecule has 0 unspecified atom stereocenters. The number of nitrogens with zero attached hydrogens (tertiary/aromatic N) is 1. The molecular weight excluding hydrogens is 320 g/mol. The second-order valence-electron chi connectivity index (χ2n) is 6.40. The number of aryl methyl sites for hydroxylation is 1. The average Bonchev–Trinajstić information content (AvgIpc) is 3.08. The maximum atomic E-state index is 12.7. The van der Waals surface area contributed by atoms with Crippen molar-refractivity contribution in [1.29, 1.82) is 0 Å². The Kier molecular flexibility index (Phi) is 5.70. The molecule has 2 atom stereocenters. The fourth-order valence-corrected chi connectivity index (χ4v) is 4.37. The maximum absolute atomic E-state index is 12.7. The summed E-state index contributed by atoms with van der Waals surface area (Å²) in [6, 6.07) is 6.42. The summed E-state index contributed by atoms with van der Waals surface area (Å²) in [6.45, 7) is 3.75. The fourth-order valence-electron chi connectivity index (χ4n) is 3.27. The van der Waals surface area contributed by atoms with Crippen molar-refractivity contribution in [3.05, 3.63) is 29.3 Å². The highest BCUT2D eigenvalue weighted by atomic mass is 32.2. The molecule has 0 saturated carbocycles. The van der Waals surface area contributed by atoms with Crippen LogP contribution in [0.1, 0.15) is 36.4 Å². The van der Waals surface area contributed by atoms with Crippen LogP contribution in [0.3, 0.4) is 0 Å². The van der Waals surface area contributed by atoms with Crippen molar-refractivity contribution in [3.63, 3.8) is 0 Å². The first-order valence-corrected chi connectivity index (χ1v) is 9.50. The maximum Gasteiger partial charge on any atom is 0.318 e. The molecule has 1 N–H and O–H groups in total. The topological polar surface area (TPSA) is 41.6 Å². The van der Waals surface area contributed by atoms with E-state index >= 15 is 0 Å². The van der Waals surface area contributed by atoms with Crippen LogP contribution in [-0.4, -0.2) is 42.5 Å². The van der Waals surface area contributed by atoms with Gasteiger partial charge in [-0.3, -0.25) is 0 Å². The summed E-state index contributed by atoms with van der Waals surface area (Å²) in [4.78, 5) is 15.7.